The van der Waals surface area contributed by atoms with Crippen molar-refractivity contribution in [3.8, 4) is 0 Å². The van der Waals surface area contributed by atoms with Crippen molar-refractivity contribution in [1.29, 1.82) is 0 Å². The zero-order valence-electron chi connectivity index (χ0n) is 14.1. The highest BCUT2D eigenvalue weighted by molar-refractivity contribution is 6.03. The van der Waals surface area contributed by atoms with Crippen LogP contribution in [0.3, 0.4) is 0 Å². The van der Waals surface area contributed by atoms with Crippen molar-refractivity contribution in [3.63, 3.8) is 0 Å². The van der Waals surface area contributed by atoms with Gasteiger partial charge in [0.2, 0.25) is 0 Å². The van der Waals surface area contributed by atoms with E-state index in [1.807, 2.05) is 41.4 Å². The van der Waals surface area contributed by atoms with E-state index in [1.165, 1.54) is 5.56 Å². The summed E-state index contributed by atoms with van der Waals surface area (Å²) in [5, 5.41) is 17.8. The number of anilines is 1. The standard InChI is InChI=1S/C22H18N2O2/c25-22(26)18-11-13-19(14-12-18)24-21(17-9-5-2-6-10-17)15-20(23-24)16-7-3-1-4-8-16/h1-14,21H,15H2,(H,25,26)/p-1/t21-/m0/s1. The molecule has 0 saturated heterocycles. The van der Waals surface area contributed by atoms with Gasteiger partial charge in [-0.2, -0.15) is 5.10 Å². The van der Waals surface area contributed by atoms with Gasteiger partial charge in [0.1, 0.15) is 0 Å². The monoisotopic (exact) mass is 341 g/mol. The van der Waals surface area contributed by atoms with Gasteiger partial charge < -0.3 is 9.90 Å². The van der Waals surface area contributed by atoms with Crippen LogP contribution >= 0.6 is 0 Å². The quantitative estimate of drug-likeness (QED) is 0.731. The normalized spacial score (nSPS) is 16.4. The molecule has 1 atom stereocenters. The minimum atomic E-state index is -1.17. The molecular weight excluding hydrogens is 324 g/mol. The molecule has 0 aliphatic carbocycles. The molecule has 0 bridgehead atoms. The number of benzene rings is 3. The lowest BCUT2D eigenvalue weighted by Crippen LogP contribution is -2.22. The van der Waals surface area contributed by atoms with E-state index in [0.29, 0.717) is 0 Å². The summed E-state index contributed by atoms with van der Waals surface area (Å²) < 4.78 is 0. The maximum Gasteiger partial charge on any atom is 0.0831 e. The van der Waals surface area contributed by atoms with Crippen molar-refractivity contribution in [2.75, 3.05) is 5.01 Å². The molecule has 1 aliphatic rings. The highest BCUT2D eigenvalue weighted by Gasteiger charge is 2.29. The number of rotatable bonds is 4. The number of nitrogens with zero attached hydrogens (tertiary/aromatic N) is 2. The van der Waals surface area contributed by atoms with Gasteiger partial charge in [0.15, 0.2) is 0 Å². The number of carboxylic acid groups (broad SMARTS) is 1. The molecule has 26 heavy (non-hydrogen) atoms. The number of hydrazone groups is 1. The molecule has 3 aromatic carbocycles. The highest BCUT2D eigenvalue weighted by atomic mass is 16.4. The summed E-state index contributed by atoms with van der Waals surface area (Å²) in [4.78, 5) is 11.0. The van der Waals surface area contributed by atoms with E-state index in [-0.39, 0.29) is 11.6 Å². The summed E-state index contributed by atoms with van der Waals surface area (Å²) in [6, 6.07) is 27.1. The van der Waals surface area contributed by atoms with Crippen molar-refractivity contribution in [2.45, 2.75) is 12.5 Å². The first-order chi connectivity index (χ1) is 12.7. The third-order valence-electron chi connectivity index (χ3n) is 4.57. The number of aromatic carboxylic acids is 1. The summed E-state index contributed by atoms with van der Waals surface area (Å²) in [7, 11) is 0. The highest BCUT2D eigenvalue weighted by Crippen LogP contribution is 2.36. The van der Waals surface area contributed by atoms with Gasteiger partial charge in [-0.1, -0.05) is 72.8 Å². The molecule has 4 heteroatoms. The Balaban J connectivity index is 1.73. The average Bonchev–Trinajstić information content (AvgIpc) is 3.15. The SMILES string of the molecule is O=C([O-])c1ccc(N2N=C(c3ccccc3)C[C@H]2c2ccccc2)cc1. The zero-order valence-corrected chi connectivity index (χ0v) is 14.1. The van der Waals surface area contributed by atoms with E-state index in [4.69, 9.17) is 5.10 Å². The molecule has 0 N–H and O–H groups in total. The number of hydrogen-bond acceptors (Lipinski definition) is 4. The third-order valence-corrected chi connectivity index (χ3v) is 4.57. The molecule has 0 amide bonds. The second kappa shape index (κ2) is 6.84. The summed E-state index contributed by atoms with van der Waals surface area (Å²) in [5.41, 5.74) is 4.31. The minimum absolute atomic E-state index is 0.0696. The Morgan fingerprint density at radius 1 is 0.885 bits per heavy atom. The Labute approximate surface area is 152 Å². The first-order valence-electron chi connectivity index (χ1n) is 8.51. The molecule has 128 valence electrons. The lowest BCUT2D eigenvalue weighted by Gasteiger charge is -2.24. The van der Waals surface area contributed by atoms with E-state index < -0.39 is 5.97 Å². The van der Waals surface area contributed by atoms with Crippen LogP contribution in [0.4, 0.5) is 5.69 Å². The van der Waals surface area contributed by atoms with Gasteiger partial charge in [-0.3, -0.25) is 5.01 Å². The first-order valence-corrected chi connectivity index (χ1v) is 8.51. The molecule has 4 rings (SSSR count). The number of hydrogen-bond donors (Lipinski definition) is 0. The van der Waals surface area contributed by atoms with Crippen LogP contribution in [0.25, 0.3) is 0 Å². The fourth-order valence-electron chi connectivity index (χ4n) is 3.24. The van der Waals surface area contributed by atoms with Gasteiger partial charge in [0.05, 0.1) is 23.4 Å². The van der Waals surface area contributed by atoms with Crippen LogP contribution in [-0.4, -0.2) is 11.7 Å². The van der Waals surface area contributed by atoms with Crippen LogP contribution in [0, 0.1) is 0 Å². The molecule has 3 aromatic rings. The van der Waals surface area contributed by atoms with Crippen molar-refractivity contribution in [2.24, 2.45) is 5.10 Å². The largest absolute Gasteiger partial charge is 0.545 e. The number of carbonyl (C=O) groups is 1. The molecule has 0 aromatic heterocycles. The lowest BCUT2D eigenvalue weighted by atomic mass is 9.98. The second-order valence-electron chi connectivity index (χ2n) is 6.22. The molecule has 4 nitrogen and oxygen atoms in total. The summed E-state index contributed by atoms with van der Waals surface area (Å²) >= 11 is 0. The molecule has 0 saturated carbocycles. The summed E-state index contributed by atoms with van der Waals surface area (Å²) in [6.45, 7) is 0. The second-order valence-corrected chi connectivity index (χ2v) is 6.22. The van der Waals surface area contributed by atoms with Crippen molar-refractivity contribution >= 4 is 17.4 Å². The van der Waals surface area contributed by atoms with Crippen LogP contribution in [-0.2, 0) is 0 Å². The number of carboxylic acids is 1. The third kappa shape index (κ3) is 3.09. The predicted molar refractivity (Wildman–Crippen MR) is 100 cm³/mol. The Morgan fingerprint density at radius 3 is 2.12 bits per heavy atom. The van der Waals surface area contributed by atoms with Gasteiger partial charge in [-0.05, 0) is 28.8 Å². The van der Waals surface area contributed by atoms with Crippen molar-refractivity contribution in [1.82, 2.24) is 0 Å². The molecule has 0 unspecified atom stereocenters. The van der Waals surface area contributed by atoms with E-state index in [9.17, 15) is 9.90 Å². The molecule has 0 radical (unpaired) electrons. The molecule has 1 heterocycles. The lowest BCUT2D eigenvalue weighted by molar-refractivity contribution is -0.255. The Morgan fingerprint density at radius 2 is 1.50 bits per heavy atom. The zero-order chi connectivity index (χ0) is 17.9. The Hall–Kier alpha value is -3.40. The molecule has 0 spiro atoms. The van der Waals surface area contributed by atoms with Gasteiger partial charge in [0.25, 0.3) is 0 Å². The van der Waals surface area contributed by atoms with Crippen LogP contribution in [0.15, 0.2) is 90.0 Å². The van der Waals surface area contributed by atoms with E-state index in [0.717, 1.165) is 23.4 Å². The maximum atomic E-state index is 11.0. The molecule has 0 fully saturated rings. The summed E-state index contributed by atoms with van der Waals surface area (Å²) in [5.74, 6) is -1.17. The Kier molecular flexibility index (Phi) is 4.23. The van der Waals surface area contributed by atoms with Crippen molar-refractivity contribution in [3.05, 3.63) is 102 Å². The fraction of sp³-hybridized carbons (Fsp3) is 0.0909. The predicted octanol–water partition coefficient (Wildman–Crippen LogP) is 3.41. The van der Waals surface area contributed by atoms with Gasteiger partial charge in [-0.25, -0.2) is 0 Å². The minimum Gasteiger partial charge on any atom is -0.545 e. The molecule has 1 aliphatic heterocycles. The van der Waals surface area contributed by atoms with Gasteiger partial charge in [0, 0.05) is 6.42 Å². The topological polar surface area (TPSA) is 55.7 Å². The van der Waals surface area contributed by atoms with Gasteiger partial charge >= 0.3 is 0 Å². The van der Waals surface area contributed by atoms with Crippen LogP contribution in [0.5, 0.6) is 0 Å². The smallest absolute Gasteiger partial charge is 0.0831 e. The average molecular weight is 341 g/mol. The Bertz CT molecular complexity index is 935. The van der Waals surface area contributed by atoms with E-state index in [2.05, 4.69) is 24.3 Å². The summed E-state index contributed by atoms with van der Waals surface area (Å²) in [6.07, 6.45) is 0.788. The molecular formula is C22H17N2O2-. The van der Waals surface area contributed by atoms with Crippen LogP contribution in [0.1, 0.15) is 33.9 Å². The van der Waals surface area contributed by atoms with Gasteiger partial charge in [-0.15, -0.1) is 0 Å². The fourth-order valence-corrected chi connectivity index (χ4v) is 3.24. The maximum absolute atomic E-state index is 11.0. The number of carbonyl (C=O) groups excluding carboxylic acids is 1. The van der Waals surface area contributed by atoms with Crippen molar-refractivity contribution < 1.29 is 9.90 Å². The van der Waals surface area contributed by atoms with Crippen LogP contribution in [0.2, 0.25) is 0 Å². The first kappa shape index (κ1) is 16.1. The van der Waals surface area contributed by atoms with E-state index in [1.54, 1.807) is 24.3 Å². The van der Waals surface area contributed by atoms with E-state index >= 15 is 0 Å². The van der Waals surface area contributed by atoms with Crippen LogP contribution < -0.4 is 10.1 Å².